The van der Waals surface area contributed by atoms with Gasteiger partial charge in [0.25, 0.3) is 0 Å². The number of Topliss-reactive ketones (excluding diaryl/α,β-unsaturated/α-hetero) is 1. The highest BCUT2D eigenvalue weighted by molar-refractivity contribution is 6.30. The van der Waals surface area contributed by atoms with Crippen molar-refractivity contribution in [1.82, 2.24) is 20.8 Å². The van der Waals surface area contributed by atoms with Gasteiger partial charge in [0.05, 0.1) is 12.1 Å². The highest BCUT2D eigenvalue weighted by atomic mass is 35.5. The molecule has 0 unspecified atom stereocenters. The van der Waals surface area contributed by atoms with Crippen LogP contribution in [0.25, 0.3) is 0 Å². The van der Waals surface area contributed by atoms with Crippen LogP contribution in [-0.4, -0.2) is 32.1 Å². The van der Waals surface area contributed by atoms with Crippen LogP contribution in [0.15, 0.2) is 58.4 Å². The smallest absolute Gasteiger partial charge is 0.182 e. The van der Waals surface area contributed by atoms with Crippen LogP contribution < -0.4 is 5.48 Å². The molecule has 8 nitrogen and oxygen atoms in total. The second-order valence-corrected chi connectivity index (χ2v) is 5.38. The number of hydrogen-bond acceptors (Lipinski definition) is 7. The lowest BCUT2D eigenvalue weighted by Crippen LogP contribution is -2.22. The first-order valence-electron chi connectivity index (χ1n) is 7.17. The number of rotatable bonds is 5. The van der Waals surface area contributed by atoms with Crippen LogP contribution in [0.5, 0.6) is 0 Å². The molecule has 25 heavy (non-hydrogen) atoms. The molecule has 9 heteroatoms. The Bertz CT molecular complexity index is 911. The number of amidine groups is 1. The number of halogens is 1. The van der Waals surface area contributed by atoms with Crippen molar-refractivity contribution >= 4 is 28.9 Å². The maximum Gasteiger partial charge on any atom is 0.182 e. The number of carbonyl (C=O) groups excluding carboxylic acids is 1. The molecule has 2 heterocycles. The number of aliphatic imine (C=N–C) groups is 1. The highest BCUT2D eigenvalue weighted by Crippen LogP contribution is 2.19. The van der Waals surface area contributed by atoms with E-state index in [2.05, 4.69) is 20.3 Å². The summed E-state index contributed by atoms with van der Waals surface area (Å²) in [6, 6.07) is 9.91. The molecule has 0 spiro atoms. The summed E-state index contributed by atoms with van der Waals surface area (Å²) in [5, 5.41) is 17.3. The van der Waals surface area contributed by atoms with E-state index in [9.17, 15) is 10.0 Å². The average Bonchev–Trinajstić information content (AvgIpc) is 3.08. The molecule has 0 bridgehead atoms. The predicted molar refractivity (Wildman–Crippen MR) is 89.1 cm³/mol. The first-order valence-corrected chi connectivity index (χ1v) is 7.54. The fourth-order valence-corrected chi connectivity index (χ4v) is 2.28. The van der Waals surface area contributed by atoms with E-state index in [0.717, 1.165) is 0 Å². The normalized spacial score (nSPS) is 11.4. The molecule has 0 saturated carbocycles. The van der Waals surface area contributed by atoms with Gasteiger partial charge < -0.3 is 0 Å². The minimum absolute atomic E-state index is 0.0129. The number of benzene rings is 1. The van der Waals surface area contributed by atoms with Gasteiger partial charge >= 0.3 is 0 Å². The van der Waals surface area contributed by atoms with Gasteiger partial charge in [0.15, 0.2) is 17.3 Å². The molecular formula is C16H12ClN5O3. The average molecular weight is 358 g/mol. The van der Waals surface area contributed by atoms with Crippen LogP contribution in [0, 0.1) is 0 Å². The van der Waals surface area contributed by atoms with Crippen molar-refractivity contribution in [2.45, 2.75) is 6.42 Å². The molecule has 126 valence electrons. The summed E-state index contributed by atoms with van der Waals surface area (Å²) in [4.78, 5) is 20.4. The Balaban J connectivity index is 1.88. The molecule has 0 atom stereocenters. The van der Waals surface area contributed by atoms with E-state index < -0.39 is 0 Å². The molecule has 0 radical (unpaired) electrons. The van der Waals surface area contributed by atoms with Crippen LogP contribution in [0.3, 0.4) is 0 Å². The third kappa shape index (κ3) is 4.06. The van der Waals surface area contributed by atoms with Crippen molar-refractivity contribution in [2.75, 3.05) is 0 Å². The molecule has 0 saturated heterocycles. The third-order valence-corrected chi connectivity index (χ3v) is 3.50. The van der Waals surface area contributed by atoms with Gasteiger partial charge in [0.2, 0.25) is 0 Å². The Labute approximate surface area is 147 Å². The van der Waals surface area contributed by atoms with E-state index >= 15 is 0 Å². The van der Waals surface area contributed by atoms with Crippen LogP contribution in [0.1, 0.15) is 21.7 Å². The Kier molecular flexibility index (Phi) is 5.12. The highest BCUT2D eigenvalue weighted by Gasteiger charge is 2.20. The van der Waals surface area contributed by atoms with Crippen molar-refractivity contribution in [2.24, 2.45) is 4.99 Å². The van der Waals surface area contributed by atoms with E-state index in [-0.39, 0.29) is 29.4 Å². The molecule has 3 aromatic rings. The van der Waals surface area contributed by atoms with Gasteiger partial charge in [0, 0.05) is 23.0 Å². The Morgan fingerprint density at radius 1 is 1.24 bits per heavy atom. The maximum absolute atomic E-state index is 12.3. The van der Waals surface area contributed by atoms with Crippen molar-refractivity contribution in [1.29, 1.82) is 0 Å². The molecule has 0 amide bonds. The van der Waals surface area contributed by atoms with Crippen molar-refractivity contribution in [3.05, 3.63) is 70.8 Å². The number of aromatic nitrogens is 3. The summed E-state index contributed by atoms with van der Waals surface area (Å²) >= 11 is 5.92. The molecule has 0 aliphatic carbocycles. The van der Waals surface area contributed by atoms with Gasteiger partial charge in [-0.25, -0.2) is 9.62 Å². The monoisotopic (exact) mass is 357 g/mol. The molecule has 0 aliphatic heterocycles. The summed E-state index contributed by atoms with van der Waals surface area (Å²) in [6.07, 6.45) is 2.98. The number of nitrogens with one attached hydrogen (secondary N) is 1. The summed E-state index contributed by atoms with van der Waals surface area (Å²) in [5.41, 5.74) is 3.28. The molecule has 0 fully saturated rings. The Morgan fingerprint density at radius 3 is 2.76 bits per heavy atom. The standard InChI is InChI=1S/C16H12ClN5O3/c17-11-2-1-3-12(8-11)19-16(20-24)15-13(21-25-22-15)9-14(23)10-4-6-18-7-5-10/h1-8,24H,9H2,(H,19,20). The molecular weight excluding hydrogens is 346 g/mol. The molecule has 0 aliphatic rings. The van der Waals surface area contributed by atoms with E-state index in [1.54, 1.807) is 36.4 Å². The summed E-state index contributed by atoms with van der Waals surface area (Å²) in [5.74, 6) is -0.208. The lowest BCUT2D eigenvalue weighted by molar-refractivity contribution is 0.0990. The molecule has 2 aromatic heterocycles. The summed E-state index contributed by atoms with van der Waals surface area (Å²) < 4.78 is 4.70. The Morgan fingerprint density at radius 2 is 2.04 bits per heavy atom. The van der Waals surface area contributed by atoms with Gasteiger partial charge in [-0.3, -0.25) is 20.5 Å². The minimum Gasteiger partial charge on any atom is -0.294 e. The van der Waals surface area contributed by atoms with Crippen LogP contribution >= 0.6 is 11.6 Å². The van der Waals surface area contributed by atoms with Gasteiger partial charge in [-0.15, -0.1) is 0 Å². The number of hydrogen-bond donors (Lipinski definition) is 2. The number of nitrogens with zero attached hydrogens (tertiary/aromatic N) is 4. The second kappa shape index (κ2) is 7.65. The lowest BCUT2D eigenvalue weighted by atomic mass is 10.1. The summed E-state index contributed by atoms with van der Waals surface area (Å²) in [7, 11) is 0. The zero-order chi connectivity index (χ0) is 17.6. The quantitative estimate of drug-likeness (QED) is 0.312. The fourth-order valence-electron chi connectivity index (χ4n) is 2.10. The maximum atomic E-state index is 12.3. The van der Waals surface area contributed by atoms with Gasteiger partial charge in [-0.2, -0.15) is 0 Å². The van der Waals surface area contributed by atoms with Crippen LogP contribution in [-0.2, 0) is 6.42 Å². The van der Waals surface area contributed by atoms with E-state index in [0.29, 0.717) is 16.3 Å². The summed E-state index contributed by atoms with van der Waals surface area (Å²) in [6.45, 7) is 0. The fraction of sp³-hybridized carbons (Fsp3) is 0.0625. The second-order valence-electron chi connectivity index (χ2n) is 4.95. The van der Waals surface area contributed by atoms with Gasteiger partial charge in [-0.1, -0.05) is 22.8 Å². The predicted octanol–water partition coefficient (Wildman–Crippen LogP) is 2.60. The van der Waals surface area contributed by atoms with Gasteiger partial charge in [-0.05, 0) is 35.5 Å². The zero-order valence-electron chi connectivity index (χ0n) is 12.8. The number of carbonyl (C=O) groups is 1. The van der Waals surface area contributed by atoms with Crippen LogP contribution in [0.2, 0.25) is 5.02 Å². The van der Waals surface area contributed by atoms with Crippen molar-refractivity contribution in [3.63, 3.8) is 0 Å². The lowest BCUT2D eigenvalue weighted by Gasteiger charge is -2.03. The topological polar surface area (TPSA) is 114 Å². The Hall–Kier alpha value is -3.10. The first-order chi connectivity index (χ1) is 12.2. The number of hydroxylamine groups is 1. The number of pyridine rings is 1. The SMILES string of the molecule is O=C(Cc1nonc1C(=Nc1cccc(Cl)c1)NO)c1ccncc1. The number of ketones is 1. The molecule has 3 rings (SSSR count). The minimum atomic E-state index is -0.195. The first kappa shape index (κ1) is 16.7. The van der Waals surface area contributed by atoms with Gasteiger partial charge in [0.1, 0.15) is 5.69 Å². The van der Waals surface area contributed by atoms with E-state index in [4.69, 9.17) is 16.2 Å². The largest absolute Gasteiger partial charge is 0.294 e. The zero-order valence-corrected chi connectivity index (χ0v) is 13.5. The van der Waals surface area contributed by atoms with Crippen LogP contribution in [0.4, 0.5) is 5.69 Å². The van der Waals surface area contributed by atoms with E-state index in [1.165, 1.54) is 12.4 Å². The van der Waals surface area contributed by atoms with E-state index in [1.807, 2.05) is 5.48 Å². The molecule has 2 N–H and O–H groups in total. The van der Waals surface area contributed by atoms with Crippen molar-refractivity contribution < 1.29 is 14.6 Å². The third-order valence-electron chi connectivity index (χ3n) is 3.27. The van der Waals surface area contributed by atoms with Crippen molar-refractivity contribution in [3.8, 4) is 0 Å². The molecule has 1 aromatic carbocycles.